The molecule has 1 N–H and O–H groups in total. The van der Waals surface area contributed by atoms with Crippen molar-refractivity contribution in [3.63, 3.8) is 0 Å². The summed E-state index contributed by atoms with van der Waals surface area (Å²) < 4.78 is 28.2. The van der Waals surface area contributed by atoms with Gasteiger partial charge in [0.25, 0.3) is 0 Å². The van der Waals surface area contributed by atoms with Crippen molar-refractivity contribution in [3.05, 3.63) is 41.2 Å². The molecular weight excluding hydrogens is 256 g/mol. The van der Waals surface area contributed by atoms with Crippen LogP contribution < -0.4 is 0 Å². The maximum Gasteiger partial charge on any atom is 0.303 e. The largest absolute Gasteiger partial charge is 0.481 e. The minimum absolute atomic E-state index is 0.0582. The molecule has 0 saturated heterocycles. The fraction of sp³-hybridized carbons (Fsp3) is 0.250. The van der Waals surface area contributed by atoms with E-state index in [1.807, 2.05) is 0 Å². The molecule has 19 heavy (non-hydrogen) atoms. The number of aromatic nitrogens is 3. The SMILES string of the molecule is Cc1cc(F)c(-n2cc(CCC(=O)O)nn2)cc1F. The van der Waals surface area contributed by atoms with E-state index in [0.29, 0.717) is 5.69 Å². The van der Waals surface area contributed by atoms with E-state index in [1.165, 1.54) is 13.1 Å². The second-order valence-corrected chi connectivity index (χ2v) is 4.10. The van der Waals surface area contributed by atoms with Crippen LogP contribution in [0, 0.1) is 18.6 Å². The van der Waals surface area contributed by atoms with E-state index < -0.39 is 17.6 Å². The van der Waals surface area contributed by atoms with Crippen molar-refractivity contribution in [1.82, 2.24) is 15.0 Å². The molecule has 0 saturated carbocycles. The topological polar surface area (TPSA) is 68.0 Å². The molecule has 0 bridgehead atoms. The summed E-state index contributed by atoms with van der Waals surface area (Å²) in [5, 5.41) is 15.9. The highest BCUT2D eigenvalue weighted by atomic mass is 19.1. The molecule has 1 heterocycles. The van der Waals surface area contributed by atoms with Crippen LogP contribution in [0.15, 0.2) is 18.3 Å². The Hall–Kier alpha value is -2.31. The predicted molar refractivity (Wildman–Crippen MR) is 62.0 cm³/mol. The summed E-state index contributed by atoms with van der Waals surface area (Å²) in [6.07, 6.45) is 1.48. The Kier molecular flexibility index (Phi) is 3.55. The monoisotopic (exact) mass is 267 g/mol. The first-order chi connectivity index (χ1) is 8.97. The second-order valence-electron chi connectivity index (χ2n) is 4.10. The fourth-order valence-corrected chi connectivity index (χ4v) is 1.58. The number of aliphatic carboxylic acids is 1. The van der Waals surface area contributed by atoms with Crippen molar-refractivity contribution in [1.29, 1.82) is 0 Å². The molecule has 0 aliphatic rings. The number of carbonyl (C=O) groups is 1. The van der Waals surface area contributed by atoms with E-state index in [0.717, 1.165) is 16.8 Å². The van der Waals surface area contributed by atoms with Crippen LogP contribution in [0.2, 0.25) is 0 Å². The molecule has 5 nitrogen and oxygen atoms in total. The lowest BCUT2D eigenvalue weighted by Crippen LogP contribution is -2.01. The Morgan fingerprint density at radius 3 is 2.79 bits per heavy atom. The van der Waals surface area contributed by atoms with Gasteiger partial charge in [0.1, 0.15) is 17.3 Å². The summed E-state index contributed by atoms with van der Waals surface area (Å²) in [4.78, 5) is 10.4. The third kappa shape index (κ3) is 2.93. The van der Waals surface area contributed by atoms with Crippen LogP contribution in [0.3, 0.4) is 0 Å². The van der Waals surface area contributed by atoms with Crippen LogP contribution in [-0.4, -0.2) is 26.1 Å². The lowest BCUT2D eigenvalue weighted by atomic mass is 10.2. The van der Waals surface area contributed by atoms with Crippen LogP contribution in [0.1, 0.15) is 17.7 Å². The van der Waals surface area contributed by atoms with E-state index in [9.17, 15) is 13.6 Å². The molecule has 2 rings (SSSR count). The number of carboxylic acids is 1. The number of aryl methyl sites for hydroxylation is 2. The van der Waals surface area contributed by atoms with Gasteiger partial charge in [-0.2, -0.15) is 0 Å². The van der Waals surface area contributed by atoms with Gasteiger partial charge >= 0.3 is 5.97 Å². The lowest BCUT2D eigenvalue weighted by Gasteiger charge is -2.04. The van der Waals surface area contributed by atoms with Gasteiger partial charge in [-0.25, -0.2) is 13.5 Å². The zero-order valence-electron chi connectivity index (χ0n) is 10.1. The highest BCUT2D eigenvalue weighted by Crippen LogP contribution is 2.17. The van der Waals surface area contributed by atoms with Crippen molar-refractivity contribution in [2.75, 3.05) is 0 Å². The number of hydrogen-bond acceptors (Lipinski definition) is 3. The Bertz CT molecular complexity index is 625. The molecule has 0 unspecified atom stereocenters. The van der Waals surface area contributed by atoms with Crippen LogP contribution in [0.25, 0.3) is 5.69 Å². The molecule has 7 heteroatoms. The minimum atomic E-state index is -0.956. The molecule has 0 atom stereocenters. The molecule has 1 aromatic heterocycles. The van der Waals surface area contributed by atoms with Crippen molar-refractivity contribution in [3.8, 4) is 5.69 Å². The first-order valence-electron chi connectivity index (χ1n) is 5.56. The van der Waals surface area contributed by atoms with E-state index in [-0.39, 0.29) is 24.1 Å². The zero-order valence-corrected chi connectivity index (χ0v) is 10.1. The number of halogens is 2. The van der Waals surface area contributed by atoms with Gasteiger partial charge in [0.05, 0.1) is 18.3 Å². The summed E-state index contributed by atoms with van der Waals surface area (Å²) in [6.45, 7) is 1.46. The van der Waals surface area contributed by atoms with Gasteiger partial charge in [0, 0.05) is 12.5 Å². The van der Waals surface area contributed by atoms with E-state index >= 15 is 0 Å². The summed E-state index contributed by atoms with van der Waals surface area (Å²) in [7, 11) is 0. The maximum absolute atomic E-state index is 13.7. The molecule has 0 radical (unpaired) electrons. The normalized spacial score (nSPS) is 10.7. The number of nitrogens with zero attached hydrogens (tertiary/aromatic N) is 3. The molecule has 0 fully saturated rings. The third-order valence-corrected chi connectivity index (χ3v) is 2.61. The zero-order chi connectivity index (χ0) is 14.0. The van der Waals surface area contributed by atoms with Gasteiger partial charge in [-0.05, 0) is 18.6 Å². The second kappa shape index (κ2) is 5.13. The van der Waals surface area contributed by atoms with Crippen molar-refractivity contribution in [2.45, 2.75) is 19.8 Å². The van der Waals surface area contributed by atoms with Crippen LogP contribution in [0.4, 0.5) is 8.78 Å². The van der Waals surface area contributed by atoms with Gasteiger partial charge < -0.3 is 5.11 Å². The number of carboxylic acid groups (broad SMARTS) is 1. The smallest absolute Gasteiger partial charge is 0.303 e. The summed E-state index contributed by atoms with van der Waals surface area (Å²) in [5.74, 6) is -2.12. The Labute approximate surface area is 107 Å². The van der Waals surface area contributed by atoms with Gasteiger partial charge in [-0.1, -0.05) is 5.21 Å². The van der Waals surface area contributed by atoms with Gasteiger partial charge in [-0.3, -0.25) is 4.79 Å². The first kappa shape index (κ1) is 13.1. The Morgan fingerprint density at radius 1 is 1.37 bits per heavy atom. The molecule has 0 spiro atoms. The number of rotatable bonds is 4. The van der Waals surface area contributed by atoms with Crippen LogP contribution >= 0.6 is 0 Å². The average molecular weight is 267 g/mol. The van der Waals surface area contributed by atoms with Crippen LogP contribution in [-0.2, 0) is 11.2 Å². The summed E-state index contributed by atoms with van der Waals surface area (Å²) >= 11 is 0. The molecule has 0 aliphatic heterocycles. The highest BCUT2D eigenvalue weighted by molar-refractivity contribution is 5.66. The van der Waals surface area contributed by atoms with Crippen LogP contribution in [0.5, 0.6) is 0 Å². The number of benzene rings is 1. The van der Waals surface area contributed by atoms with E-state index in [1.54, 1.807) is 0 Å². The Balaban J connectivity index is 2.27. The molecule has 1 aromatic carbocycles. The van der Waals surface area contributed by atoms with E-state index in [2.05, 4.69) is 10.3 Å². The Morgan fingerprint density at radius 2 is 2.11 bits per heavy atom. The van der Waals surface area contributed by atoms with Gasteiger partial charge in [-0.15, -0.1) is 5.10 Å². The summed E-state index contributed by atoms with van der Waals surface area (Å²) in [6, 6.07) is 2.10. The highest BCUT2D eigenvalue weighted by Gasteiger charge is 2.11. The molecular formula is C12H11F2N3O2. The molecule has 100 valence electrons. The standard InChI is InChI=1S/C12H11F2N3O2/c1-7-4-10(14)11(5-9(7)13)17-6-8(15-16-17)2-3-12(18)19/h4-6H,2-3H2,1H3,(H,18,19). The lowest BCUT2D eigenvalue weighted by molar-refractivity contribution is -0.136. The minimum Gasteiger partial charge on any atom is -0.481 e. The molecule has 0 amide bonds. The van der Waals surface area contributed by atoms with Gasteiger partial charge in [0.2, 0.25) is 0 Å². The molecule has 0 aliphatic carbocycles. The average Bonchev–Trinajstić information content (AvgIpc) is 2.80. The van der Waals surface area contributed by atoms with Crippen molar-refractivity contribution < 1.29 is 18.7 Å². The van der Waals surface area contributed by atoms with Crippen molar-refractivity contribution in [2.24, 2.45) is 0 Å². The van der Waals surface area contributed by atoms with Crippen molar-refractivity contribution >= 4 is 5.97 Å². The maximum atomic E-state index is 13.7. The molecule has 2 aromatic rings. The predicted octanol–water partition coefficient (Wildman–Crippen LogP) is 1.87. The van der Waals surface area contributed by atoms with Gasteiger partial charge in [0.15, 0.2) is 0 Å². The third-order valence-electron chi connectivity index (χ3n) is 2.61. The van der Waals surface area contributed by atoms with E-state index in [4.69, 9.17) is 5.11 Å². The first-order valence-corrected chi connectivity index (χ1v) is 5.56. The number of hydrogen-bond donors (Lipinski definition) is 1. The summed E-state index contributed by atoms with van der Waals surface area (Å²) in [5.41, 5.74) is 0.549. The quantitative estimate of drug-likeness (QED) is 0.918. The fourth-order valence-electron chi connectivity index (χ4n) is 1.58.